The van der Waals surface area contributed by atoms with Gasteiger partial charge in [-0.25, -0.2) is 9.78 Å². The number of pyridine rings is 1. The summed E-state index contributed by atoms with van der Waals surface area (Å²) in [5, 5.41) is 5.89. The van der Waals surface area contributed by atoms with Crippen LogP contribution >= 0.6 is 11.3 Å². The summed E-state index contributed by atoms with van der Waals surface area (Å²) >= 11 is 1.32. The lowest BCUT2D eigenvalue weighted by molar-refractivity contribution is -0.124. The Hall–Kier alpha value is -3.82. The van der Waals surface area contributed by atoms with Gasteiger partial charge in [-0.3, -0.25) is 20.0 Å². The first-order valence-corrected chi connectivity index (χ1v) is 14.0. The summed E-state index contributed by atoms with van der Waals surface area (Å²) in [5.74, 6) is -0.150. The van der Waals surface area contributed by atoms with Crippen molar-refractivity contribution in [1.82, 2.24) is 14.9 Å². The first-order valence-electron chi connectivity index (χ1n) is 13.1. The van der Waals surface area contributed by atoms with Crippen molar-refractivity contribution in [2.45, 2.75) is 52.3 Å². The van der Waals surface area contributed by atoms with E-state index in [0.29, 0.717) is 29.7 Å². The summed E-state index contributed by atoms with van der Waals surface area (Å²) in [6.07, 6.45) is 0.132. The minimum Gasteiger partial charge on any atom is -0.497 e. The molecule has 1 aliphatic rings. The Kier molecular flexibility index (Phi) is 7.90. The van der Waals surface area contributed by atoms with E-state index < -0.39 is 18.0 Å². The first kappa shape index (κ1) is 26.8. The molecule has 3 heterocycles. The van der Waals surface area contributed by atoms with Crippen LogP contribution in [0.1, 0.15) is 48.8 Å². The van der Waals surface area contributed by atoms with Gasteiger partial charge in [-0.15, -0.1) is 11.3 Å². The molecule has 8 nitrogen and oxygen atoms in total. The van der Waals surface area contributed by atoms with E-state index in [-0.39, 0.29) is 0 Å². The number of thiazole rings is 1. The molecule has 0 fully saturated rings. The highest BCUT2D eigenvalue weighted by Crippen LogP contribution is 2.31. The number of ether oxygens (including phenoxy) is 2. The van der Waals surface area contributed by atoms with Gasteiger partial charge in [-0.2, -0.15) is 0 Å². The van der Waals surface area contributed by atoms with Gasteiger partial charge in [0, 0.05) is 53.1 Å². The summed E-state index contributed by atoms with van der Waals surface area (Å²) < 4.78 is 11.1. The Morgan fingerprint density at radius 2 is 1.87 bits per heavy atom. The van der Waals surface area contributed by atoms with E-state index in [0.717, 1.165) is 52.1 Å². The number of anilines is 1. The number of rotatable bonds is 8. The second kappa shape index (κ2) is 11.5. The van der Waals surface area contributed by atoms with Gasteiger partial charge in [0.25, 0.3) is 5.91 Å². The van der Waals surface area contributed by atoms with Crippen LogP contribution in [0, 0.1) is 0 Å². The second-order valence-electron chi connectivity index (χ2n) is 9.80. The van der Waals surface area contributed by atoms with Crippen LogP contribution in [0.4, 0.5) is 5.13 Å². The van der Waals surface area contributed by atoms with Crippen molar-refractivity contribution < 1.29 is 19.1 Å². The van der Waals surface area contributed by atoms with Crippen molar-refractivity contribution in [1.29, 1.82) is 0 Å². The van der Waals surface area contributed by atoms with Crippen LogP contribution in [-0.4, -0.2) is 52.5 Å². The molecular weight excluding hydrogens is 512 g/mol. The molecule has 1 unspecified atom stereocenters. The molecule has 0 radical (unpaired) electrons. The zero-order valence-electron chi connectivity index (χ0n) is 22.6. The van der Waals surface area contributed by atoms with Gasteiger partial charge in [-0.05, 0) is 50.6 Å². The highest BCUT2D eigenvalue weighted by atomic mass is 32.1. The lowest BCUT2D eigenvalue weighted by Gasteiger charge is -2.32. The number of nitrogens with one attached hydrogen (secondary N) is 1. The Balaban J connectivity index is 1.36. The molecule has 4 aromatic rings. The number of aromatic nitrogens is 2. The number of hydrogen-bond acceptors (Lipinski definition) is 8. The average Bonchev–Trinajstić information content (AvgIpc) is 3.42. The quantitative estimate of drug-likeness (QED) is 0.284. The second-order valence-corrected chi connectivity index (χ2v) is 10.7. The third-order valence-corrected chi connectivity index (χ3v) is 7.80. The standard InChI is InChI=1S/C30H32N4O4S/c1-5-26(28(35)33-30-32-25(17-39-30)19-10-12-20(37-4)13-11-19)38-29(36)27-21-8-6-7-9-23(21)31-24-14-15-34(18(2)3)16-22(24)27/h6-13,17-18,26H,5,14-16H2,1-4H3,(H,32,33,35). The van der Waals surface area contributed by atoms with Crippen LogP contribution in [0.5, 0.6) is 5.75 Å². The summed E-state index contributed by atoms with van der Waals surface area (Å²) in [5.41, 5.74) is 4.72. The molecule has 1 N–H and O–H groups in total. The zero-order chi connectivity index (χ0) is 27.5. The fraction of sp³-hybridized carbons (Fsp3) is 0.333. The van der Waals surface area contributed by atoms with Crippen LogP contribution < -0.4 is 10.1 Å². The number of amides is 1. The predicted molar refractivity (Wildman–Crippen MR) is 153 cm³/mol. The number of esters is 1. The molecule has 5 rings (SSSR count). The fourth-order valence-electron chi connectivity index (χ4n) is 4.81. The minimum absolute atomic E-state index is 0.331. The predicted octanol–water partition coefficient (Wildman–Crippen LogP) is 5.71. The van der Waals surface area contributed by atoms with Crippen molar-refractivity contribution in [2.75, 3.05) is 19.0 Å². The average molecular weight is 545 g/mol. The van der Waals surface area contributed by atoms with Gasteiger partial charge in [0.05, 0.1) is 23.9 Å². The van der Waals surface area contributed by atoms with Gasteiger partial charge >= 0.3 is 5.97 Å². The molecule has 1 aliphatic heterocycles. The maximum absolute atomic E-state index is 13.7. The molecule has 0 saturated carbocycles. The van der Waals surface area contributed by atoms with Gasteiger partial charge in [0.2, 0.25) is 0 Å². The van der Waals surface area contributed by atoms with Crippen molar-refractivity contribution in [3.8, 4) is 17.0 Å². The van der Waals surface area contributed by atoms with E-state index in [9.17, 15) is 9.59 Å². The summed E-state index contributed by atoms with van der Waals surface area (Å²) in [7, 11) is 1.62. The number of carbonyl (C=O) groups is 2. The van der Waals surface area contributed by atoms with Crippen molar-refractivity contribution in [3.05, 3.63) is 70.7 Å². The van der Waals surface area contributed by atoms with Crippen molar-refractivity contribution >= 4 is 39.2 Å². The Labute approximate surface area is 232 Å². The minimum atomic E-state index is -0.960. The Morgan fingerprint density at radius 1 is 1.10 bits per heavy atom. The van der Waals surface area contributed by atoms with Crippen LogP contribution in [0.25, 0.3) is 22.2 Å². The molecule has 1 atom stereocenters. The molecule has 9 heteroatoms. The van der Waals surface area contributed by atoms with Crippen LogP contribution in [0.3, 0.4) is 0 Å². The Morgan fingerprint density at radius 3 is 2.59 bits per heavy atom. The highest BCUT2D eigenvalue weighted by molar-refractivity contribution is 7.14. The number of methoxy groups -OCH3 is 1. The van der Waals surface area contributed by atoms with E-state index in [2.05, 4.69) is 29.0 Å². The third-order valence-electron chi connectivity index (χ3n) is 7.04. The molecular formula is C30H32N4O4S. The molecule has 2 aromatic heterocycles. The summed E-state index contributed by atoms with van der Waals surface area (Å²) in [6, 6.07) is 15.5. The van der Waals surface area contributed by atoms with Crippen molar-refractivity contribution in [3.63, 3.8) is 0 Å². The molecule has 0 spiro atoms. The number of nitrogens with zero attached hydrogens (tertiary/aromatic N) is 3. The molecule has 1 amide bonds. The third kappa shape index (κ3) is 5.65. The van der Waals surface area contributed by atoms with Crippen molar-refractivity contribution in [2.24, 2.45) is 0 Å². The lowest BCUT2D eigenvalue weighted by atomic mass is 9.95. The molecule has 0 bridgehead atoms. The zero-order valence-corrected chi connectivity index (χ0v) is 23.4. The van der Waals surface area contributed by atoms with E-state index in [4.69, 9.17) is 14.5 Å². The number of benzene rings is 2. The number of hydrogen-bond donors (Lipinski definition) is 1. The van der Waals surface area contributed by atoms with Gasteiger partial charge in [-0.1, -0.05) is 25.1 Å². The normalized spacial score (nSPS) is 14.2. The maximum Gasteiger partial charge on any atom is 0.340 e. The molecule has 2 aromatic carbocycles. The number of fused-ring (bicyclic) bond motifs is 2. The van der Waals surface area contributed by atoms with E-state index >= 15 is 0 Å². The number of carbonyl (C=O) groups excluding carboxylic acids is 2. The van der Waals surface area contributed by atoms with E-state index in [1.54, 1.807) is 7.11 Å². The molecule has 39 heavy (non-hydrogen) atoms. The first-order chi connectivity index (χ1) is 18.9. The molecule has 202 valence electrons. The summed E-state index contributed by atoms with van der Waals surface area (Å²) in [6.45, 7) is 7.62. The Bertz CT molecular complexity index is 1500. The monoisotopic (exact) mass is 544 g/mol. The molecule has 0 aliphatic carbocycles. The lowest BCUT2D eigenvalue weighted by Crippen LogP contribution is -2.38. The number of para-hydroxylation sites is 1. The van der Waals surface area contributed by atoms with E-state index in [1.807, 2.05) is 60.8 Å². The summed E-state index contributed by atoms with van der Waals surface area (Å²) in [4.78, 5) is 38.6. The largest absolute Gasteiger partial charge is 0.497 e. The van der Waals surface area contributed by atoms with Crippen LogP contribution in [0.15, 0.2) is 53.9 Å². The highest BCUT2D eigenvalue weighted by Gasteiger charge is 2.30. The van der Waals surface area contributed by atoms with Gasteiger partial charge in [0.1, 0.15) is 5.75 Å². The van der Waals surface area contributed by atoms with Gasteiger partial charge in [0.15, 0.2) is 11.2 Å². The fourth-order valence-corrected chi connectivity index (χ4v) is 5.53. The topological polar surface area (TPSA) is 93.7 Å². The smallest absolute Gasteiger partial charge is 0.340 e. The van der Waals surface area contributed by atoms with Crippen LogP contribution in [-0.2, 0) is 22.5 Å². The molecule has 0 saturated heterocycles. The van der Waals surface area contributed by atoms with E-state index in [1.165, 1.54) is 11.3 Å². The van der Waals surface area contributed by atoms with Crippen LogP contribution in [0.2, 0.25) is 0 Å². The SMILES string of the molecule is CCC(OC(=O)c1c2c(nc3ccccc13)CCN(C(C)C)C2)C(=O)Nc1nc(-c2ccc(OC)cc2)cs1. The van der Waals surface area contributed by atoms with Gasteiger partial charge < -0.3 is 9.47 Å². The maximum atomic E-state index is 13.7.